The minimum atomic E-state index is -4.49. The molecule has 7 nitrogen and oxygen atoms in total. The fourth-order valence-electron chi connectivity index (χ4n) is 3.94. The molecule has 0 spiro atoms. The molecule has 2 N–H and O–H groups in total. The van der Waals surface area contributed by atoms with Crippen LogP contribution in [0.3, 0.4) is 0 Å². The number of carbonyl (C=O) groups is 3. The Morgan fingerprint density at radius 2 is 1.93 bits per heavy atom. The normalized spacial score (nSPS) is 19.3. The number of aryl methyl sites for hydroxylation is 1. The van der Waals surface area contributed by atoms with E-state index in [1.165, 1.54) is 18.4 Å². The predicted molar refractivity (Wildman–Crippen MR) is 105 cm³/mol. The Kier molecular flexibility index (Phi) is 7.02. The second kappa shape index (κ2) is 9.34. The van der Waals surface area contributed by atoms with Crippen LogP contribution in [0.25, 0.3) is 0 Å². The van der Waals surface area contributed by atoms with Crippen LogP contribution >= 0.6 is 11.3 Å². The average Bonchev–Trinajstić information content (AvgIpc) is 3.28. The number of ether oxygens (including phenoxy) is 1. The molecule has 0 radical (unpaired) electrons. The van der Waals surface area contributed by atoms with E-state index in [0.717, 1.165) is 36.1 Å². The summed E-state index contributed by atoms with van der Waals surface area (Å²) in [4.78, 5) is 39.6. The zero-order valence-electron chi connectivity index (χ0n) is 16.6. The fraction of sp³-hybridized carbons (Fsp3) is 0.632. The van der Waals surface area contributed by atoms with Gasteiger partial charge in [-0.25, -0.2) is 4.79 Å². The van der Waals surface area contributed by atoms with Crippen LogP contribution in [0, 0.1) is 0 Å². The molecule has 1 aliphatic carbocycles. The topological polar surface area (TPSA) is 87.7 Å². The molecule has 30 heavy (non-hydrogen) atoms. The number of anilines is 1. The lowest BCUT2D eigenvalue weighted by Gasteiger charge is -2.23. The minimum absolute atomic E-state index is 0.146. The van der Waals surface area contributed by atoms with Crippen molar-refractivity contribution in [1.82, 2.24) is 10.2 Å². The second-order valence-electron chi connectivity index (χ2n) is 7.42. The van der Waals surface area contributed by atoms with Crippen molar-refractivity contribution < 1.29 is 32.3 Å². The molecule has 2 aliphatic rings. The predicted octanol–water partition coefficient (Wildman–Crippen LogP) is 2.49. The standard InChI is InChI=1S/C19H24F3N3O4S/c1-29-18(28)15-11-5-2-3-7-13(11)30-17(15)24-14(26)9-25-8-4-6-12(25)16(27)23-10-19(20,21)22/h12H,2-10H2,1H3,(H,23,27)(H,24,26)/t12-/m0/s1. The molecule has 0 bridgehead atoms. The van der Waals surface area contributed by atoms with Crippen molar-refractivity contribution in [2.24, 2.45) is 0 Å². The quantitative estimate of drug-likeness (QED) is 0.655. The molecule has 2 heterocycles. The van der Waals surface area contributed by atoms with Gasteiger partial charge in [-0.1, -0.05) is 0 Å². The van der Waals surface area contributed by atoms with Crippen molar-refractivity contribution in [1.29, 1.82) is 0 Å². The van der Waals surface area contributed by atoms with Crippen LogP contribution < -0.4 is 10.6 Å². The van der Waals surface area contributed by atoms with Crippen molar-refractivity contribution in [3.05, 3.63) is 16.0 Å². The number of hydrogen-bond acceptors (Lipinski definition) is 6. The number of fused-ring (bicyclic) bond motifs is 1. The minimum Gasteiger partial charge on any atom is -0.465 e. The number of carbonyl (C=O) groups excluding carboxylic acids is 3. The first-order valence-corrected chi connectivity index (χ1v) is 10.6. The summed E-state index contributed by atoms with van der Waals surface area (Å²) in [7, 11) is 1.29. The smallest absolute Gasteiger partial charge is 0.405 e. The van der Waals surface area contributed by atoms with E-state index in [1.807, 2.05) is 5.32 Å². The van der Waals surface area contributed by atoms with Crippen LogP contribution in [0.5, 0.6) is 0 Å². The van der Waals surface area contributed by atoms with Crippen molar-refractivity contribution in [3.8, 4) is 0 Å². The van der Waals surface area contributed by atoms with Crippen LogP contribution in [0.1, 0.15) is 46.5 Å². The van der Waals surface area contributed by atoms with E-state index in [9.17, 15) is 27.6 Å². The van der Waals surface area contributed by atoms with Gasteiger partial charge < -0.3 is 15.4 Å². The highest BCUT2D eigenvalue weighted by Crippen LogP contribution is 2.38. The molecule has 3 rings (SSSR count). The molecule has 166 valence electrons. The lowest BCUT2D eigenvalue weighted by Crippen LogP contribution is -2.47. The summed E-state index contributed by atoms with van der Waals surface area (Å²) >= 11 is 1.35. The molecule has 0 unspecified atom stereocenters. The number of methoxy groups -OCH3 is 1. The molecule has 11 heteroatoms. The van der Waals surface area contributed by atoms with Gasteiger partial charge in [0.25, 0.3) is 0 Å². The van der Waals surface area contributed by atoms with E-state index >= 15 is 0 Å². The first kappa shape index (κ1) is 22.5. The summed E-state index contributed by atoms with van der Waals surface area (Å²) in [6.45, 7) is -1.11. The number of esters is 1. The Hall–Kier alpha value is -2.14. The number of likely N-dealkylation sites (tertiary alicyclic amines) is 1. The van der Waals surface area contributed by atoms with Gasteiger partial charge in [-0.3, -0.25) is 14.5 Å². The maximum Gasteiger partial charge on any atom is 0.405 e. The number of nitrogens with zero attached hydrogens (tertiary/aromatic N) is 1. The van der Waals surface area contributed by atoms with Gasteiger partial charge in [0.2, 0.25) is 11.8 Å². The highest BCUT2D eigenvalue weighted by Gasteiger charge is 2.35. The lowest BCUT2D eigenvalue weighted by atomic mass is 9.95. The van der Waals surface area contributed by atoms with Crippen LogP contribution in [0.4, 0.5) is 18.2 Å². The first-order valence-electron chi connectivity index (χ1n) is 9.81. The molecule has 1 aliphatic heterocycles. The number of rotatable bonds is 6. The number of thiophene rings is 1. The van der Waals surface area contributed by atoms with Crippen molar-refractivity contribution in [2.75, 3.05) is 32.1 Å². The average molecular weight is 447 g/mol. The van der Waals surface area contributed by atoms with Gasteiger partial charge in [0.05, 0.1) is 25.3 Å². The van der Waals surface area contributed by atoms with Crippen LogP contribution in [0.2, 0.25) is 0 Å². The van der Waals surface area contributed by atoms with Gasteiger partial charge in [0.15, 0.2) is 0 Å². The summed E-state index contributed by atoms with van der Waals surface area (Å²) in [5, 5.41) is 5.06. The van der Waals surface area contributed by atoms with E-state index in [1.54, 1.807) is 4.90 Å². The molecular weight excluding hydrogens is 423 g/mol. The highest BCUT2D eigenvalue weighted by atomic mass is 32.1. The number of nitrogens with one attached hydrogen (secondary N) is 2. The van der Waals surface area contributed by atoms with E-state index in [-0.39, 0.29) is 6.54 Å². The van der Waals surface area contributed by atoms with E-state index < -0.39 is 36.5 Å². The fourth-order valence-corrected chi connectivity index (χ4v) is 5.23. The maximum atomic E-state index is 12.6. The second-order valence-corrected chi connectivity index (χ2v) is 8.52. The van der Waals surface area contributed by atoms with Gasteiger partial charge in [0, 0.05) is 4.88 Å². The van der Waals surface area contributed by atoms with Gasteiger partial charge >= 0.3 is 12.1 Å². The van der Waals surface area contributed by atoms with E-state index in [4.69, 9.17) is 4.74 Å². The van der Waals surface area contributed by atoms with Crippen molar-refractivity contribution >= 4 is 34.1 Å². The molecule has 2 amide bonds. The summed E-state index contributed by atoms with van der Waals surface area (Å²) in [5.41, 5.74) is 1.30. The molecule has 1 aromatic rings. The lowest BCUT2D eigenvalue weighted by molar-refractivity contribution is -0.141. The Balaban J connectivity index is 1.66. The van der Waals surface area contributed by atoms with Gasteiger partial charge in [-0.15, -0.1) is 11.3 Å². The summed E-state index contributed by atoms with van der Waals surface area (Å²) < 4.78 is 41.9. The number of halogens is 3. The Bertz CT molecular complexity index is 825. The molecular formula is C19H24F3N3O4S. The van der Waals surface area contributed by atoms with Gasteiger partial charge in [-0.2, -0.15) is 13.2 Å². The molecule has 0 aromatic carbocycles. The largest absolute Gasteiger partial charge is 0.465 e. The Labute approximate surface area is 175 Å². The summed E-state index contributed by atoms with van der Waals surface area (Å²) in [5.74, 6) is -1.66. The first-order chi connectivity index (χ1) is 14.2. The highest BCUT2D eigenvalue weighted by molar-refractivity contribution is 7.17. The monoisotopic (exact) mass is 447 g/mol. The van der Waals surface area contributed by atoms with Crippen LogP contribution in [-0.4, -0.2) is 61.6 Å². The third kappa shape index (κ3) is 5.31. The third-order valence-corrected chi connectivity index (χ3v) is 6.50. The van der Waals surface area contributed by atoms with Crippen LogP contribution in [-0.2, 0) is 27.2 Å². The number of amides is 2. The zero-order valence-corrected chi connectivity index (χ0v) is 17.4. The Morgan fingerprint density at radius 3 is 2.63 bits per heavy atom. The Morgan fingerprint density at radius 1 is 1.20 bits per heavy atom. The molecule has 1 fully saturated rings. The van der Waals surface area contributed by atoms with Crippen molar-refractivity contribution in [2.45, 2.75) is 50.7 Å². The van der Waals surface area contributed by atoms with Crippen LogP contribution in [0.15, 0.2) is 0 Å². The third-order valence-electron chi connectivity index (χ3n) is 5.29. The molecule has 0 saturated carbocycles. The molecule has 1 aromatic heterocycles. The van der Waals surface area contributed by atoms with E-state index in [0.29, 0.717) is 30.0 Å². The number of hydrogen-bond donors (Lipinski definition) is 2. The van der Waals surface area contributed by atoms with Gasteiger partial charge in [0.1, 0.15) is 11.5 Å². The molecule has 1 atom stereocenters. The number of alkyl halides is 3. The maximum absolute atomic E-state index is 12.6. The molecule has 1 saturated heterocycles. The zero-order chi connectivity index (χ0) is 21.9. The summed E-state index contributed by atoms with van der Waals surface area (Å²) in [6.07, 6.45) is 0.0790. The summed E-state index contributed by atoms with van der Waals surface area (Å²) in [6, 6.07) is -0.783. The van der Waals surface area contributed by atoms with Gasteiger partial charge in [-0.05, 0) is 50.6 Å². The SMILES string of the molecule is COC(=O)c1c(NC(=O)CN2CCC[C@H]2C(=O)NCC(F)(F)F)sc2c1CCCC2. The van der Waals surface area contributed by atoms with E-state index in [2.05, 4.69) is 5.32 Å². The van der Waals surface area contributed by atoms with Crippen molar-refractivity contribution in [3.63, 3.8) is 0 Å².